The number of nitrogens with two attached hydrogens (primary N) is 1. The monoisotopic (exact) mass is 210 g/mol. The Bertz CT molecular complexity index is 325. The summed E-state index contributed by atoms with van der Waals surface area (Å²) in [5.74, 6) is 5.56. The summed E-state index contributed by atoms with van der Waals surface area (Å²) in [6, 6.07) is 1.97. The molecule has 0 saturated carbocycles. The van der Waals surface area contributed by atoms with E-state index in [4.69, 9.17) is 10.6 Å². The maximum absolute atomic E-state index is 5.79. The number of hydrogen-bond donors (Lipinski definition) is 2. The highest BCUT2D eigenvalue weighted by Crippen LogP contribution is 2.28. The largest absolute Gasteiger partial charge is 0.373 e. The van der Waals surface area contributed by atoms with Crippen LogP contribution >= 0.6 is 0 Å². The zero-order chi connectivity index (χ0) is 10.8. The van der Waals surface area contributed by atoms with E-state index in [0.29, 0.717) is 6.10 Å². The fraction of sp³-hybridized carbons (Fsp3) is 0.700. The zero-order valence-electron chi connectivity index (χ0n) is 9.18. The van der Waals surface area contributed by atoms with Gasteiger partial charge in [0.25, 0.3) is 0 Å². The van der Waals surface area contributed by atoms with Crippen molar-refractivity contribution in [3.63, 3.8) is 0 Å². The van der Waals surface area contributed by atoms with Crippen LogP contribution in [-0.4, -0.2) is 22.0 Å². The molecule has 1 aromatic rings. The van der Waals surface area contributed by atoms with Gasteiger partial charge in [-0.25, -0.2) is 5.43 Å². The summed E-state index contributed by atoms with van der Waals surface area (Å²) >= 11 is 0. The molecule has 2 heterocycles. The molecule has 84 valence electrons. The van der Waals surface area contributed by atoms with Crippen LogP contribution in [-0.2, 0) is 11.8 Å². The summed E-state index contributed by atoms with van der Waals surface area (Å²) in [6.07, 6.45) is 4.51. The van der Waals surface area contributed by atoms with E-state index in [1.807, 2.05) is 19.3 Å². The second kappa shape index (κ2) is 4.30. The van der Waals surface area contributed by atoms with E-state index >= 15 is 0 Å². The summed E-state index contributed by atoms with van der Waals surface area (Å²) in [7, 11) is 1.90. The molecule has 0 aliphatic carbocycles. The van der Waals surface area contributed by atoms with Crippen LogP contribution in [0, 0.1) is 0 Å². The maximum atomic E-state index is 5.79. The number of rotatable bonds is 3. The highest BCUT2D eigenvalue weighted by molar-refractivity contribution is 5.08. The summed E-state index contributed by atoms with van der Waals surface area (Å²) in [5.41, 5.74) is 3.74. The lowest BCUT2D eigenvalue weighted by molar-refractivity contribution is 0.0306. The van der Waals surface area contributed by atoms with Crippen LogP contribution in [0.15, 0.2) is 12.3 Å². The van der Waals surface area contributed by atoms with Gasteiger partial charge in [-0.3, -0.25) is 10.5 Å². The summed E-state index contributed by atoms with van der Waals surface area (Å²) in [6.45, 7) is 2.09. The number of nitrogens with one attached hydrogen (secondary N) is 1. The minimum Gasteiger partial charge on any atom is -0.373 e. The standard InChI is InChI=1S/C10H18N4O/c1-7-3-4-9(15-7)10(12-11)8-5-6-14(2)13-8/h5-7,9-10,12H,3-4,11H2,1-2H3. The Hall–Kier alpha value is -0.910. The Kier molecular flexibility index (Phi) is 3.04. The van der Waals surface area contributed by atoms with E-state index in [-0.39, 0.29) is 12.1 Å². The lowest BCUT2D eigenvalue weighted by Crippen LogP contribution is -2.37. The van der Waals surface area contributed by atoms with Crippen LogP contribution in [0.4, 0.5) is 0 Å². The zero-order valence-corrected chi connectivity index (χ0v) is 9.18. The molecule has 0 amide bonds. The molecule has 0 bridgehead atoms. The molecule has 3 unspecified atom stereocenters. The van der Waals surface area contributed by atoms with Gasteiger partial charge in [-0.05, 0) is 25.8 Å². The van der Waals surface area contributed by atoms with E-state index in [9.17, 15) is 0 Å². The fourth-order valence-corrected chi connectivity index (χ4v) is 2.06. The van der Waals surface area contributed by atoms with E-state index in [1.165, 1.54) is 0 Å². The molecule has 1 fully saturated rings. The first-order valence-corrected chi connectivity index (χ1v) is 5.32. The van der Waals surface area contributed by atoms with Crippen LogP contribution in [0.1, 0.15) is 31.5 Å². The highest BCUT2D eigenvalue weighted by Gasteiger charge is 2.31. The predicted octanol–water partition coefficient (Wildman–Crippen LogP) is 0.492. The van der Waals surface area contributed by atoms with Gasteiger partial charge < -0.3 is 4.74 Å². The fourth-order valence-electron chi connectivity index (χ4n) is 2.06. The van der Waals surface area contributed by atoms with E-state index in [1.54, 1.807) is 4.68 Å². The Morgan fingerprint density at radius 3 is 2.93 bits per heavy atom. The van der Waals surface area contributed by atoms with Gasteiger partial charge in [0.15, 0.2) is 0 Å². The van der Waals surface area contributed by atoms with Crippen molar-refractivity contribution >= 4 is 0 Å². The molecular weight excluding hydrogens is 192 g/mol. The first-order chi connectivity index (χ1) is 7.20. The van der Waals surface area contributed by atoms with Crippen LogP contribution in [0.3, 0.4) is 0 Å². The SMILES string of the molecule is CC1CCC(C(NN)c2ccn(C)n2)O1. The topological polar surface area (TPSA) is 65.1 Å². The molecular formula is C10H18N4O. The second-order valence-corrected chi connectivity index (χ2v) is 4.12. The molecule has 1 aromatic heterocycles. The molecule has 5 nitrogen and oxygen atoms in total. The Labute approximate surface area is 89.6 Å². The third-order valence-electron chi connectivity index (χ3n) is 2.87. The molecule has 1 aliphatic rings. The first kappa shape index (κ1) is 10.6. The van der Waals surface area contributed by atoms with Crippen LogP contribution in [0.25, 0.3) is 0 Å². The van der Waals surface area contributed by atoms with Crippen molar-refractivity contribution in [3.8, 4) is 0 Å². The summed E-state index contributed by atoms with van der Waals surface area (Å²) in [4.78, 5) is 0. The van der Waals surface area contributed by atoms with Gasteiger partial charge in [0, 0.05) is 13.2 Å². The number of nitrogens with zero attached hydrogens (tertiary/aromatic N) is 2. The predicted molar refractivity (Wildman–Crippen MR) is 56.8 cm³/mol. The van der Waals surface area contributed by atoms with Crippen LogP contribution in [0.2, 0.25) is 0 Å². The van der Waals surface area contributed by atoms with Gasteiger partial charge in [-0.1, -0.05) is 0 Å². The van der Waals surface area contributed by atoms with Crippen molar-refractivity contribution in [1.29, 1.82) is 0 Å². The number of hydrogen-bond acceptors (Lipinski definition) is 4. The van der Waals surface area contributed by atoms with Crippen molar-refractivity contribution in [3.05, 3.63) is 18.0 Å². The first-order valence-electron chi connectivity index (χ1n) is 5.32. The van der Waals surface area contributed by atoms with Crippen molar-refractivity contribution in [1.82, 2.24) is 15.2 Å². The minimum atomic E-state index is -0.00356. The van der Waals surface area contributed by atoms with Crippen molar-refractivity contribution in [2.75, 3.05) is 0 Å². The van der Waals surface area contributed by atoms with Gasteiger partial charge >= 0.3 is 0 Å². The molecule has 0 aromatic carbocycles. The van der Waals surface area contributed by atoms with Crippen molar-refractivity contribution in [2.24, 2.45) is 12.9 Å². The van der Waals surface area contributed by atoms with Gasteiger partial charge in [-0.15, -0.1) is 0 Å². The van der Waals surface area contributed by atoms with Crippen LogP contribution < -0.4 is 11.3 Å². The van der Waals surface area contributed by atoms with E-state index in [0.717, 1.165) is 18.5 Å². The number of aryl methyl sites for hydroxylation is 1. The number of ether oxygens (including phenoxy) is 1. The Morgan fingerprint density at radius 1 is 1.67 bits per heavy atom. The molecule has 2 rings (SSSR count). The second-order valence-electron chi connectivity index (χ2n) is 4.12. The van der Waals surface area contributed by atoms with Gasteiger partial charge in [-0.2, -0.15) is 5.10 Å². The van der Waals surface area contributed by atoms with Gasteiger partial charge in [0.05, 0.1) is 23.9 Å². The molecule has 3 N–H and O–H groups in total. The third-order valence-corrected chi connectivity index (χ3v) is 2.87. The van der Waals surface area contributed by atoms with Gasteiger partial charge in [0.2, 0.25) is 0 Å². The van der Waals surface area contributed by atoms with E-state index in [2.05, 4.69) is 17.4 Å². The number of hydrazine groups is 1. The lowest BCUT2D eigenvalue weighted by Gasteiger charge is -2.20. The summed E-state index contributed by atoms with van der Waals surface area (Å²) in [5, 5.41) is 4.35. The molecule has 3 atom stereocenters. The summed E-state index contributed by atoms with van der Waals surface area (Å²) < 4.78 is 7.56. The Balaban J connectivity index is 2.10. The molecule has 15 heavy (non-hydrogen) atoms. The average Bonchev–Trinajstić information content (AvgIpc) is 2.78. The molecule has 0 spiro atoms. The van der Waals surface area contributed by atoms with Crippen LogP contribution in [0.5, 0.6) is 0 Å². The number of aromatic nitrogens is 2. The Morgan fingerprint density at radius 2 is 2.47 bits per heavy atom. The van der Waals surface area contributed by atoms with Gasteiger partial charge in [0.1, 0.15) is 0 Å². The average molecular weight is 210 g/mol. The van der Waals surface area contributed by atoms with Crippen molar-refractivity contribution < 1.29 is 4.74 Å². The molecule has 1 aliphatic heterocycles. The molecule has 1 saturated heterocycles. The molecule has 0 radical (unpaired) electrons. The minimum absolute atomic E-state index is 0.00356. The smallest absolute Gasteiger partial charge is 0.0912 e. The highest BCUT2D eigenvalue weighted by atomic mass is 16.5. The lowest BCUT2D eigenvalue weighted by atomic mass is 10.1. The third kappa shape index (κ3) is 2.19. The molecule has 5 heteroatoms. The quantitative estimate of drug-likeness (QED) is 0.563. The van der Waals surface area contributed by atoms with Crippen molar-refractivity contribution in [2.45, 2.75) is 38.0 Å². The van der Waals surface area contributed by atoms with E-state index < -0.39 is 0 Å². The normalized spacial score (nSPS) is 28.2. The maximum Gasteiger partial charge on any atom is 0.0912 e.